The zero-order valence-electron chi connectivity index (χ0n) is 12.5. The van der Waals surface area contributed by atoms with E-state index in [0.29, 0.717) is 48.2 Å². The van der Waals surface area contributed by atoms with Gasteiger partial charge in [-0.25, -0.2) is 8.42 Å². The summed E-state index contributed by atoms with van der Waals surface area (Å²) in [4.78, 5) is 16.5. The van der Waals surface area contributed by atoms with Gasteiger partial charge in [0.25, 0.3) is 5.91 Å². The topological polar surface area (TPSA) is 57.7 Å². The minimum absolute atomic E-state index is 0.0674. The standard InChI is InChI=1S/C15H18Cl2N2O3S/c16-13-2-1-11(9-14(13)17)15(20)19-6-4-18(5-7-19)12-3-8-23(21,22)10-12/h1-2,9,12H,3-8,10H2. The number of hydrogen-bond donors (Lipinski definition) is 0. The van der Waals surface area contributed by atoms with Crippen LogP contribution in [0.4, 0.5) is 0 Å². The Hall–Kier alpha value is -0.820. The molecule has 0 aliphatic carbocycles. The Morgan fingerprint density at radius 2 is 1.78 bits per heavy atom. The van der Waals surface area contributed by atoms with E-state index in [1.54, 1.807) is 23.1 Å². The van der Waals surface area contributed by atoms with Crippen LogP contribution in [0.5, 0.6) is 0 Å². The van der Waals surface area contributed by atoms with Gasteiger partial charge in [0.05, 0.1) is 21.6 Å². The fourth-order valence-electron chi connectivity index (χ4n) is 3.17. The highest BCUT2D eigenvalue weighted by Crippen LogP contribution is 2.24. The van der Waals surface area contributed by atoms with Crippen molar-refractivity contribution in [2.75, 3.05) is 37.7 Å². The number of carbonyl (C=O) groups excluding carboxylic acids is 1. The van der Waals surface area contributed by atoms with E-state index in [0.717, 1.165) is 0 Å². The number of carbonyl (C=O) groups is 1. The lowest BCUT2D eigenvalue weighted by Crippen LogP contribution is -2.52. The lowest BCUT2D eigenvalue weighted by molar-refractivity contribution is 0.0588. The van der Waals surface area contributed by atoms with Crippen molar-refractivity contribution in [1.82, 2.24) is 9.80 Å². The number of sulfone groups is 1. The van der Waals surface area contributed by atoms with Gasteiger partial charge in [-0.3, -0.25) is 9.69 Å². The number of rotatable bonds is 2. The van der Waals surface area contributed by atoms with Gasteiger partial charge in [0.2, 0.25) is 0 Å². The van der Waals surface area contributed by atoms with E-state index in [9.17, 15) is 13.2 Å². The first-order valence-corrected chi connectivity index (χ1v) is 10.1. The van der Waals surface area contributed by atoms with Crippen LogP contribution in [0.2, 0.25) is 10.0 Å². The maximum atomic E-state index is 12.5. The van der Waals surface area contributed by atoms with Crippen LogP contribution >= 0.6 is 23.2 Å². The van der Waals surface area contributed by atoms with Crippen molar-refractivity contribution < 1.29 is 13.2 Å². The Labute approximate surface area is 146 Å². The highest BCUT2D eigenvalue weighted by molar-refractivity contribution is 7.91. The van der Waals surface area contributed by atoms with Crippen molar-refractivity contribution in [2.24, 2.45) is 0 Å². The first kappa shape index (κ1) is 17.0. The maximum absolute atomic E-state index is 12.5. The second-order valence-electron chi connectivity index (χ2n) is 6.01. The predicted molar refractivity (Wildman–Crippen MR) is 91.0 cm³/mol. The number of amides is 1. The molecule has 0 radical (unpaired) electrons. The minimum Gasteiger partial charge on any atom is -0.336 e. The van der Waals surface area contributed by atoms with Crippen LogP contribution in [0.25, 0.3) is 0 Å². The zero-order valence-corrected chi connectivity index (χ0v) is 14.9. The second kappa shape index (κ2) is 6.59. The third-order valence-corrected chi connectivity index (χ3v) is 6.98. The third kappa shape index (κ3) is 3.82. The molecule has 2 heterocycles. The molecule has 23 heavy (non-hydrogen) atoms. The molecule has 5 nitrogen and oxygen atoms in total. The fraction of sp³-hybridized carbons (Fsp3) is 0.533. The average molecular weight is 377 g/mol. The van der Waals surface area contributed by atoms with Crippen molar-refractivity contribution in [3.63, 3.8) is 0 Å². The van der Waals surface area contributed by atoms with Crippen LogP contribution in [-0.2, 0) is 9.84 Å². The van der Waals surface area contributed by atoms with Gasteiger partial charge < -0.3 is 4.90 Å². The van der Waals surface area contributed by atoms with Gasteiger partial charge in [-0.2, -0.15) is 0 Å². The van der Waals surface area contributed by atoms with Crippen LogP contribution in [-0.4, -0.2) is 67.9 Å². The molecule has 0 N–H and O–H groups in total. The average Bonchev–Trinajstić information content (AvgIpc) is 2.89. The molecule has 1 unspecified atom stereocenters. The van der Waals surface area contributed by atoms with Crippen molar-refractivity contribution in [2.45, 2.75) is 12.5 Å². The number of benzene rings is 1. The molecule has 2 fully saturated rings. The Kier molecular flexibility index (Phi) is 4.88. The summed E-state index contributed by atoms with van der Waals surface area (Å²) in [6, 6.07) is 4.98. The van der Waals surface area contributed by atoms with E-state index in [1.807, 2.05) is 0 Å². The molecule has 1 atom stereocenters. The molecule has 0 saturated carbocycles. The van der Waals surface area contributed by atoms with Crippen LogP contribution in [0.3, 0.4) is 0 Å². The van der Waals surface area contributed by atoms with Crippen molar-refractivity contribution in [1.29, 1.82) is 0 Å². The molecule has 8 heteroatoms. The van der Waals surface area contributed by atoms with Crippen molar-refractivity contribution >= 4 is 38.9 Å². The number of halogens is 2. The Bertz CT molecular complexity index is 715. The van der Waals surface area contributed by atoms with Gasteiger partial charge in [0, 0.05) is 37.8 Å². The third-order valence-electron chi connectivity index (χ3n) is 4.49. The maximum Gasteiger partial charge on any atom is 0.253 e. The quantitative estimate of drug-likeness (QED) is 0.791. The molecule has 3 rings (SSSR count). The fourth-order valence-corrected chi connectivity index (χ4v) is 5.22. The number of piperazine rings is 1. The van der Waals surface area contributed by atoms with E-state index in [1.165, 1.54) is 0 Å². The van der Waals surface area contributed by atoms with Gasteiger partial charge >= 0.3 is 0 Å². The van der Waals surface area contributed by atoms with Crippen LogP contribution < -0.4 is 0 Å². The van der Waals surface area contributed by atoms with Crippen molar-refractivity contribution in [3.05, 3.63) is 33.8 Å². The van der Waals surface area contributed by atoms with Gasteiger partial charge in [0.1, 0.15) is 0 Å². The smallest absolute Gasteiger partial charge is 0.253 e. The summed E-state index contributed by atoms with van der Waals surface area (Å²) < 4.78 is 23.2. The highest BCUT2D eigenvalue weighted by Gasteiger charge is 2.34. The Balaban J connectivity index is 1.60. The van der Waals surface area contributed by atoms with Gasteiger partial charge in [-0.15, -0.1) is 0 Å². The van der Waals surface area contributed by atoms with Crippen molar-refractivity contribution in [3.8, 4) is 0 Å². The summed E-state index contributed by atoms with van der Waals surface area (Å²) in [5.74, 6) is 0.454. The molecule has 0 spiro atoms. The summed E-state index contributed by atoms with van der Waals surface area (Å²) in [6.07, 6.45) is 0.697. The highest BCUT2D eigenvalue weighted by atomic mass is 35.5. The van der Waals surface area contributed by atoms with Crippen LogP contribution in [0.15, 0.2) is 18.2 Å². The van der Waals surface area contributed by atoms with Gasteiger partial charge in [0.15, 0.2) is 9.84 Å². The monoisotopic (exact) mass is 376 g/mol. The van der Waals surface area contributed by atoms with E-state index < -0.39 is 9.84 Å². The zero-order chi connectivity index (χ0) is 16.6. The van der Waals surface area contributed by atoms with E-state index in [4.69, 9.17) is 23.2 Å². The molecular weight excluding hydrogens is 359 g/mol. The first-order valence-electron chi connectivity index (χ1n) is 7.54. The molecule has 126 valence electrons. The summed E-state index contributed by atoms with van der Waals surface area (Å²) in [6.45, 7) is 2.59. The normalized spacial score (nSPS) is 24.8. The van der Waals surface area contributed by atoms with E-state index in [-0.39, 0.29) is 23.5 Å². The summed E-state index contributed by atoms with van der Waals surface area (Å²) in [7, 11) is -2.88. The van der Waals surface area contributed by atoms with Crippen LogP contribution in [0, 0.1) is 0 Å². The number of nitrogens with zero attached hydrogens (tertiary/aromatic N) is 2. The molecule has 1 aromatic rings. The summed E-state index contributed by atoms with van der Waals surface area (Å²) in [5, 5.41) is 0.794. The molecule has 2 aliphatic rings. The largest absolute Gasteiger partial charge is 0.336 e. The molecule has 0 bridgehead atoms. The summed E-state index contributed by atoms with van der Waals surface area (Å²) in [5.41, 5.74) is 0.524. The predicted octanol–water partition coefficient (Wildman–Crippen LogP) is 1.94. The van der Waals surface area contributed by atoms with Gasteiger partial charge in [-0.1, -0.05) is 23.2 Å². The van der Waals surface area contributed by atoms with Crippen LogP contribution in [0.1, 0.15) is 16.8 Å². The molecular formula is C15H18Cl2N2O3S. The lowest BCUT2D eigenvalue weighted by atomic mass is 10.1. The second-order valence-corrected chi connectivity index (χ2v) is 9.06. The first-order chi connectivity index (χ1) is 10.9. The summed E-state index contributed by atoms with van der Waals surface area (Å²) >= 11 is 11.8. The van der Waals surface area contributed by atoms with Gasteiger partial charge in [-0.05, 0) is 24.6 Å². The molecule has 1 aromatic carbocycles. The minimum atomic E-state index is -2.88. The molecule has 2 saturated heterocycles. The van der Waals surface area contributed by atoms with E-state index >= 15 is 0 Å². The number of hydrogen-bond acceptors (Lipinski definition) is 4. The SMILES string of the molecule is O=C(c1ccc(Cl)c(Cl)c1)N1CCN(C2CCS(=O)(=O)C2)CC1. The molecule has 2 aliphatic heterocycles. The van der Waals surface area contributed by atoms with E-state index in [2.05, 4.69) is 4.90 Å². The Morgan fingerprint density at radius 3 is 2.35 bits per heavy atom. The Morgan fingerprint density at radius 1 is 1.09 bits per heavy atom. The lowest BCUT2D eigenvalue weighted by Gasteiger charge is -2.37. The molecule has 1 amide bonds. The molecule has 0 aromatic heterocycles.